The number of benzene rings is 1. The van der Waals surface area contributed by atoms with Crippen molar-refractivity contribution in [2.24, 2.45) is 0 Å². The molecule has 0 aliphatic heterocycles. The van der Waals surface area contributed by atoms with Gasteiger partial charge in [0.25, 0.3) is 0 Å². The average molecular weight is 352 g/mol. The van der Waals surface area contributed by atoms with E-state index in [-0.39, 0.29) is 18.2 Å². The second kappa shape index (κ2) is 8.49. The minimum Gasteiger partial charge on any atom is -0.468 e. The molecule has 7 nitrogen and oxygen atoms in total. The number of esters is 1. The quantitative estimate of drug-likeness (QED) is 0.581. The van der Waals surface area contributed by atoms with Gasteiger partial charge < -0.3 is 15.4 Å². The van der Waals surface area contributed by atoms with Crippen molar-refractivity contribution >= 4 is 45.8 Å². The van der Waals surface area contributed by atoms with Crippen molar-refractivity contribution in [2.45, 2.75) is 11.3 Å². The van der Waals surface area contributed by atoms with Gasteiger partial charge in [-0.15, -0.1) is 10.2 Å². The number of methoxy groups -OCH3 is 1. The zero-order chi connectivity index (χ0) is 16.7. The van der Waals surface area contributed by atoms with E-state index in [0.29, 0.717) is 9.47 Å². The molecule has 0 spiro atoms. The smallest absolute Gasteiger partial charge is 0.325 e. The molecule has 0 unspecified atom stereocenters. The fraction of sp³-hybridized carbons (Fsp3) is 0.286. The molecule has 23 heavy (non-hydrogen) atoms. The number of thioether (sulfide) groups is 1. The van der Waals surface area contributed by atoms with Crippen LogP contribution < -0.4 is 10.6 Å². The fourth-order valence-electron chi connectivity index (χ4n) is 1.57. The van der Waals surface area contributed by atoms with Gasteiger partial charge >= 0.3 is 5.97 Å². The lowest BCUT2D eigenvalue weighted by Gasteiger charge is -2.04. The predicted octanol–water partition coefficient (Wildman–Crippen LogP) is 1.97. The van der Waals surface area contributed by atoms with E-state index in [0.717, 1.165) is 11.3 Å². The van der Waals surface area contributed by atoms with Crippen LogP contribution in [0.4, 0.5) is 10.8 Å². The van der Waals surface area contributed by atoms with Crippen LogP contribution >= 0.6 is 23.1 Å². The van der Waals surface area contributed by atoms with Crippen molar-refractivity contribution in [3.63, 3.8) is 0 Å². The minimum absolute atomic E-state index is 0.133. The molecule has 0 saturated heterocycles. The monoisotopic (exact) mass is 352 g/mol. The number of carbonyl (C=O) groups is 2. The van der Waals surface area contributed by atoms with Gasteiger partial charge in [-0.25, -0.2) is 0 Å². The number of anilines is 2. The number of nitrogens with zero attached hydrogens (tertiary/aromatic N) is 2. The van der Waals surface area contributed by atoms with Gasteiger partial charge in [-0.05, 0) is 18.6 Å². The van der Waals surface area contributed by atoms with Crippen LogP contribution in [0.1, 0.15) is 5.56 Å². The molecule has 0 fully saturated rings. The van der Waals surface area contributed by atoms with Gasteiger partial charge in [-0.3, -0.25) is 9.59 Å². The normalized spacial score (nSPS) is 10.2. The molecule has 9 heteroatoms. The molecule has 2 aromatic rings. The number of carbonyl (C=O) groups excluding carboxylic acids is 2. The predicted molar refractivity (Wildman–Crippen MR) is 90.1 cm³/mol. The Labute approximate surface area is 141 Å². The summed E-state index contributed by atoms with van der Waals surface area (Å²) >= 11 is 2.63. The van der Waals surface area contributed by atoms with Crippen molar-refractivity contribution in [3.05, 3.63) is 29.8 Å². The van der Waals surface area contributed by atoms with Crippen molar-refractivity contribution in [1.82, 2.24) is 15.5 Å². The second-order valence-electron chi connectivity index (χ2n) is 4.45. The Hall–Kier alpha value is -2.13. The molecule has 1 amide bonds. The Morgan fingerprint density at radius 1 is 1.30 bits per heavy atom. The summed E-state index contributed by atoms with van der Waals surface area (Å²) < 4.78 is 5.12. The van der Waals surface area contributed by atoms with E-state index in [4.69, 9.17) is 0 Å². The third-order valence-corrected chi connectivity index (χ3v) is 4.75. The summed E-state index contributed by atoms with van der Waals surface area (Å²) in [6.45, 7) is 1.87. The number of para-hydroxylation sites is 1. The van der Waals surface area contributed by atoms with E-state index >= 15 is 0 Å². The first kappa shape index (κ1) is 17.2. The molecule has 2 rings (SSSR count). The molecule has 0 atom stereocenters. The Morgan fingerprint density at radius 2 is 2.09 bits per heavy atom. The summed E-state index contributed by atoms with van der Waals surface area (Å²) in [6, 6.07) is 7.88. The third kappa shape index (κ3) is 5.53. The van der Waals surface area contributed by atoms with Crippen LogP contribution in [0.15, 0.2) is 28.6 Å². The average Bonchev–Trinajstić information content (AvgIpc) is 3.00. The van der Waals surface area contributed by atoms with Crippen LogP contribution in [0, 0.1) is 6.92 Å². The summed E-state index contributed by atoms with van der Waals surface area (Å²) in [6.07, 6.45) is 0. The van der Waals surface area contributed by atoms with E-state index in [1.54, 1.807) is 0 Å². The summed E-state index contributed by atoms with van der Waals surface area (Å²) in [5.74, 6) is -0.580. The number of rotatable bonds is 7. The van der Waals surface area contributed by atoms with Crippen LogP contribution in [-0.2, 0) is 14.3 Å². The first-order valence-corrected chi connectivity index (χ1v) is 8.51. The number of aryl methyl sites for hydroxylation is 1. The maximum absolute atomic E-state index is 11.6. The van der Waals surface area contributed by atoms with Gasteiger partial charge in [0.1, 0.15) is 6.54 Å². The van der Waals surface area contributed by atoms with Crippen LogP contribution in [0.2, 0.25) is 0 Å². The number of hydrogen-bond acceptors (Lipinski definition) is 8. The van der Waals surface area contributed by atoms with Crippen molar-refractivity contribution in [1.29, 1.82) is 0 Å². The van der Waals surface area contributed by atoms with Crippen LogP contribution in [0.25, 0.3) is 0 Å². The largest absolute Gasteiger partial charge is 0.468 e. The highest BCUT2D eigenvalue weighted by atomic mass is 32.2. The van der Waals surface area contributed by atoms with Gasteiger partial charge in [0.05, 0.1) is 12.9 Å². The molecule has 0 aliphatic rings. The van der Waals surface area contributed by atoms with Crippen LogP contribution in [0.3, 0.4) is 0 Å². The summed E-state index contributed by atoms with van der Waals surface area (Å²) in [7, 11) is 1.27. The molecule has 1 aromatic heterocycles. The van der Waals surface area contributed by atoms with Gasteiger partial charge in [0.2, 0.25) is 11.0 Å². The van der Waals surface area contributed by atoms with Gasteiger partial charge in [-0.1, -0.05) is 41.3 Å². The third-order valence-electron chi connectivity index (χ3n) is 2.78. The van der Waals surface area contributed by atoms with Gasteiger partial charge in [0, 0.05) is 5.69 Å². The molecule has 0 aliphatic carbocycles. The minimum atomic E-state index is -0.482. The molecule has 1 heterocycles. The molecule has 0 saturated carbocycles. The highest BCUT2D eigenvalue weighted by Crippen LogP contribution is 2.28. The summed E-state index contributed by atoms with van der Waals surface area (Å²) in [5, 5.41) is 14.4. The van der Waals surface area contributed by atoms with E-state index in [1.165, 1.54) is 30.2 Å². The standard InChI is InChI=1S/C14H16N4O3S2/c1-9-5-3-4-6-10(9)16-13-17-18-14(23-13)22-8-11(19)15-7-12(20)21-2/h3-6H,7-8H2,1-2H3,(H,15,19)(H,16,17). The maximum atomic E-state index is 11.6. The Morgan fingerprint density at radius 3 is 2.83 bits per heavy atom. The molecule has 0 bridgehead atoms. The molecule has 1 aromatic carbocycles. The van der Waals surface area contributed by atoms with Gasteiger partial charge in [0.15, 0.2) is 4.34 Å². The lowest BCUT2D eigenvalue weighted by molar-refractivity contribution is -0.140. The first-order chi connectivity index (χ1) is 11.1. The SMILES string of the molecule is COC(=O)CNC(=O)CSc1nnc(Nc2ccccc2C)s1. The summed E-state index contributed by atoms with van der Waals surface area (Å²) in [5.41, 5.74) is 2.08. The highest BCUT2D eigenvalue weighted by Gasteiger charge is 2.10. The highest BCUT2D eigenvalue weighted by molar-refractivity contribution is 8.01. The lowest BCUT2D eigenvalue weighted by Crippen LogP contribution is -2.31. The zero-order valence-electron chi connectivity index (χ0n) is 12.7. The fourth-order valence-corrected chi connectivity index (χ4v) is 3.16. The topological polar surface area (TPSA) is 93.2 Å². The maximum Gasteiger partial charge on any atom is 0.325 e. The second-order valence-corrected chi connectivity index (χ2v) is 6.65. The van der Waals surface area contributed by atoms with E-state index in [9.17, 15) is 9.59 Å². The first-order valence-electron chi connectivity index (χ1n) is 6.71. The number of hydrogen-bond donors (Lipinski definition) is 2. The molecule has 2 N–H and O–H groups in total. The Bertz CT molecular complexity index is 690. The van der Waals surface area contributed by atoms with E-state index in [1.807, 2.05) is 31.2 Å². The molecular formula is C14H16N4O3S2. The number of amides is 1. The molecular weight excluding hydrogens is 336 g/mol. The Kier molecular flexibility index (Phi) is 6.36. The van der Waals surface area contributed by atoms with Crippen molar-refractivity contribution in [2.75, 3.05) is 24.7 Å². The number of ether oxygens (including phenoxy) is 1. The van der Waals surface area contributed by atoms with Gasteiger partial charge in [-0.2, -0.15) is 0 Å². The van der Waals surface area contributed by atoms with Crippen molar-refractivity contribution < 1.29 is 14.3 Å². The van der Waals surface area contributed by atoms with Crippen molar-refractivity contribution in [3.8, 4) is 0 Å². The van der Waals surface area contributed by atoms with Crippen LogP contribution in [0.5, 0.6) is 0 Å². The number of aromatic nitrogens is 2. The van der Waals surface area contributed by atoms with E-state index in [2.05, 4.69) is 25.6 Å². The zero-order valence-corrected chi connectivity index (χ0v) is 14.3. The molecule has 122 valence electrons. The van der Waals surface area contributed by atoms with E-state index < -0.39 is 5.97 Å². The number of nitrogens with one attached hydrogen (secondary N) is 2. The van der Waals surface area contributed by atoms with Crippen LogP contribution in [-0.4, -0.2) is 41.5 Å². The lowest BCUT2D eigenvalue weighted by atomic mass is 10.2. The Balaban J connectivity index is 1.82. The summed E-state index contributed by atoms with van der Waals surface area (Å²) in [4.78, 5) is 22.5. The molecule has 0 radical (unpaired) electrons.